The van der Waals surface area contributed by atoms with Gasteiger partial charge in [-0.3, -0.25) is 0 Å². The van der Waals surface area contributed by atoms with E-state index in [9.17, 15) is 8.42 Å². The minimum absolute atomic E-state index is 0.0355. The van der Waals surface area contributed by atoms with E-state index in [-0.39, 0.29) is 17.3 Å². The smallest absolute Gasteiger partial charge is 0.240 e. The molecule has 0 unspecified atom stereocenters. The molecule has 21 heavy (non-hydrogen) atoms. The van der Waals surface area contributed by atoms with Gasteiger partial charge in [0.1, 0.15) is 5.75 Å². The van der Waals surface area contributed by atoms with Crippen LogP contribution in [-0.4, -0.2) is 32.7 Å². The molecule has 114 valence electrons. The van der Waals surface area contributed by atoms with E-state index in [0.717, 1.165) is 12.0 Å². The number of rotatable bonds is 7. The lowest BCUT2D eigenvalue weighted by atomic mass is 10.2. The molecule has 2 rings (SSSR count). The number of ether oxygens (including phenoxy) is 1. The molecule has 1 aromatic carbocycles. The lowest BCUT2D eigenvalue weighted by molar-refractivity contribution is 0.408. The predicted octanol–water partition coefficient (Wildman–Crippen LogP) is 0.276. The van der Waals surface area contributed by atoms with Gasteiger partial charge < -0.3 is 14.6 Å². The van der Waals surface area contributed by atoms with Crippen molar-refractivity contribution in [3.8, 4) is 5.75 Å². The Hall–Kier alpha value is -1.97. The van der Waals surface area contributed by atoms with Crippen LogP contribution in [0.2, 0.25) is 0 Å². The fraction of sp³-hybridized carbons (Fsp3) is 0.333. The molecule has 0 amide bonds. The second-order valence-corrected chi connectivity index (χ2v) is 5.94. The number of benzene rings is 1. The van der Waals surface area contributed by atoms with Crippen LogP contribution in [0.4, 0.5) is 0 Å². The Balaban J connectivity index is 2.20. The van der Waals surface area contributed by atoms with E-state index in [1.54, 1.807) is 19.2 Å². The lowest BCUT2D eigenvalue weighted by Crippen LogP contribution is -2.24. The topological polar surface area (TPSA) is 106 Å². The summed E-state index contributed by atoms with van der Waals surface area (Å²) in [4.78, 5) is 3.90. The molecule has 0 radical (unpaired) electrons. The number of aromatic nitrogens is 2. The van der Waals surface area contributed by atoms with Crippen molar-refractivity contribution in [2.24, 2.45) is 0 Å². The highest BCUT2D eigenvalue weighted by atomic mass is 32.2. The third kappa shape index (κ3) is 3.78. The number of sulfonamides is 1. The van der Waals surface area contributed by atoms with E-state index in [1.807, 2.05) is 0 Å². The normalized spacial score (nSPS) is 11.5. The van der Waals surface area contributed by atoms with Gasteiger partial charge in [-0.25, -0.2) is 13.1 Å². The van der Waals surface area contributed by atoms with E-state index in [0.29, 0.717) is 12.3 Å². The fourth-order valence-corrected chi connectivity index (χ4v) is 2.79. The second-order valence-electron chi connectivity index (χ2n) is 4.18. The quantitative estimate of drug-likeness (QED) is 0.756. The maximum atomic E-state index is 12.2. The van der Waals surface area contributed by atoms with E-state index < -0.39 is 10.0 Å². The third-order valence-electron chi connectivity index (χ3n) is 2.76. The summed E-state index contributed by atoms with van der Waals surface area (Å²) < 4.78 is 36.6. The van der Waals surface area contributed by atoms with Crippen LogP contribution in [0.3, 0.4) is 0 Å². The van der Waals surface area contributed by atoms with Crippen molar-refractivity contribution in [1.29, 1.82) is 0 Å². The average Bonchev–Trinajstić information content (AvgIpc) is 2.99. The highest BCUT2D eigenvalue weighted by Gasteiger charge is 2.17. The Morgan fingerprint density at radius 3 is 2.76 bits per heavy atom. The zero-order valence-electron chi connectivity index (χ0n) is 11.7. The van der Waals surface area contributed by atoms with Crippen LogP contribution in [0, 0.1) is 0 Å². The van der Waals surface area contributed by atoms with Gasteiger partial charge >= 0.3 is 0 Å². The van der Waals surface area contributed by atoms with Crippen LogP contribution in [0.25, 0.3) is 0 Å². The zero-order valence-corrected chi connectivity index (χ0v) is 12.5. The summed E-state index contributed by atoms with van der Waals surface area (Å²) in [6.07, 6.45) is 1.14. The molecule has 1 aromatic heterocycles. The van der Waals surface area contributed by atoms with Crippen LogP contribution in [0.5, 0.6) is 5.75 Å². The minimum Gasteiger partial charge on any atom is -0.496 e. The molecular weight excluding hydrogens is 296 g/mol. The Bertz CT molecular complexity index is 685. The molecule has 0 fully saturated rings. The van der Waals surface area contributed by atoms with Gasteiger partial charge in [-0.2, -0.15) is 4.98 Å². The van der Waals surface area contributed by atoms with Gasteiger partial charge in [0, 0.05) is 12.1 Å². The molecule has 2 aromatic rings. The van der Waals surface area contributed by atoms with Gasteiger partial charge in [0.25, 0.3) is 0 Å². The standard InChI is InChI=1S/C12H16N4O4S/c1-13-6-9-5-10(3-4-11(9)19-2)21(17,18)15-7-12-14-8-20-16-12/h3-5,8,13,15H,6-7H2,1-2H3. The summed E-state index contributed by atoms with van der Waals surface area (Å²) >= 11 is 0. The van der Waals surface area contributed by atoms with E-state index in [1.165, 1.54) is 13.2 Å². The van der Waals surface area contributed by atoms with Crippen molar-refractivity contribution in [2.45, 2.75) is 18.0 Å². The second kappa shape index (κ2) is 6.66. The molecule has 0 aliphatic rings. The van der Waals surface area contributed by atoms with Gasteiger partial charge in [0.2, 0.25) is 16.4 Å². The SMILES string of the molecule is CNCc1cc(S(=O)(=O)NCc2ncon2)ccc1OC. The summed E-state index contributed by atoms with van der Waals surface area (Å²) in [6.45, 7) is 0.462. The fourth-order valence-electron chi connectivity index (χ4n) is 1.76. The predicted molar refractivity (Wildman–Crippen MR) is 74.1 cm³/mol. The maximum Gasteiger partial charge on any atom is 0.240 e. The number of hydrogen-bond donors (Lipinski definition) is 2. The molecule has 0 aliphatic heterocycles. The molecule has 1 heterocycles. The highest BCUT2D eigenvalue weighted by Crippen LogP contribution is 2.22. The molecule has 0 atom stereocenters. The van der Waals surface area contributed by atoms with Gasteiger partial charge in [0.05, 0.1) is 18.6 Å². The van der Waals surface area contributed by atoms with E-state index in [4.69, 9.17) is 4.74 Å². The summed E-state index contributed by atoms with van der Waals surface area (Å²) in [7, 11) is -0.345. The Morgan fingerprint density at radius 1 is 1.33 bits per heavy atom. The molecule has 0 spiro atoms. The van der Waals surface area contributed by atoms with E-state index >= 15 is 0 Å². The first-order valence-corrected chi connectivity index (χ1v) is 7.61. The van der Waals surface area contributed by atoms with Crippen molar-refractivity contribution in [3.05, 3.63) is 36.0 Å². The van der Waals surface area contributed by atoms with Gasteiger partial charge in [-0.15, -0.1) is 0 Å². The monoisotopic (exact) mass is 312 g/mol. The first-order chi connectivity index (χ1) is 10.1. The Kier molecular flexibility index (Phi) is 4.89. The summed E-state index contributed by atoms with van der Waals surface area (Å²) in [5, 5.41) is 6.51. The molecule has 0 saturated carbocycles. The third-order valence-corrected chi connectivity index (χ3v) is 4.16. The van der Waals surface area contributed by atoms with Crippen LogP contribution in [0.15, 0.2) is 34.0 Å². The first-order valence-electron chi connectivity index (χ1n) is 6.13. The summed E-state index contributed by atoms with van der Waals surface area (Å²) in [6, 6.07) is 4.67. The summed E-state index contributed by atoms with van der Waals surface area (Å²) in [5.41, 5.74) is 0.752. The number of nitrogens with zero attached hydrogens (tertiary/aromatic N) is 2. The molecular formula is C12H16N4O4S. The van der Waals surface area contributed by atoms with E-state index in [2.05, 4.69) is 24.7 Å². The highest BCUT2D eigenvalue weighted by molar-refractivity contribution is 7.89. The van der Waals surface area contributed by atoms with Gasteiger partial charge in [-0.1, -0.05) is 5.16 Å². The average molecular weight is 312 g/mol. The number of nitrogens with one attached hydrogen (secondary N) is 2. The first kappa shape index (κ1) is 15.4. The Labute approximate surface area is 122 Å². The van der Waals surface area contributed by atoms with Crippen molar-refractivity contribution >= 4 is 10.0 Å². The van der Waals surface area contributed by atoms with Crippen molar-refractivity contribution < 1.29 is 17.7 Å². The van der Waals surface area contributed by atoms with Crippen molar-refractivity contribution in [1.82, 2.24) is 20.2 Å². The Morgan fingerprint density at radius 2 is 2.14 bits per heavy atom. The van der Waals surface area contributed by atoms with Crippen LogP contribution in [0.1, 0.15) is 11.4 Å². The molecule has 0 aliphatic carbocycles. The minimum atomic E-state index is -3.66. The largest absolute Gasteiger partial charge is 0.496 e. The molecule has 8 nitrogen and oxygen atoms in total. The molecule has 0 bridgehead atoms. The lowest BCUT2D eigenvalue weighted by Gasteiger charge is -2.11. The molecule has 2 N–H and O–H groups in total. The molecule has 0 saturated heterocycles. The number of hydrogen-bond acceptors (Lipinski definition) is 7. The maximum absolute atomic E-state index is 12.2. The zero-order chi connectivity index (χ0) is 15.3. The van der Waals surface area contributed by atoms with Gasteiger partial charge in [-0.05, 0) is 25.2 Å². The molecule has 9 heteroatoms. The van der Waals surface area contributed by atoms with Crippen molar-refractivity contribution in [2.75, 3.05) is 14.2 Å². The van der Waals surface area contributed by atoms with Crippen molar-refractivity contribution in [3.63, 3.8) is 0 Å². The van der Waals surface area contributed by atoms with Crippen LogP contribution < -0.4 is 14.8 Å². The van der Waals surface area contributed by atoms with Crippen LogP contribution >= 0.6 is 0 Å². The number of methoxy groups -OCH3 is 1. The van der Waals surface area contributed by atoms with Crippen LogP contribution in [-0.2, 0) is 23.1 Å². The summed E-state index contributed by atoms with van der Waals surface area (Å²) in [5.74, 6) is 0.893. The van der Waals surface area contributed by atoms with Gasteiger partial charge in [0.15, 0.2) is 5.82 Å².